The summed E-state index contributed by atoms with van der Waals surface area (Å²) < 4.78 is 34.8. The van der Waals surface area contributed by atoms with E-state index in [0.717, 1.165) is 47.5 Å². The van der Waals surface area contributed by atoms with E-state index in [1.54, 1.807) is 48.5 Å². The second-order valence-corrected chi connectivity index (χ2v) is 13.5. The number of hydrogen-bond donors (Lipinski definition) is 1. The summed E-state index contributed by atoms with van der Waals surface area (Å²) in [4.78, 5) is 29.5. The number of anilines is 1. The van der Waals surface area contributed by atoms with Crippen molar-refractivity contribution in [2.24, 2.45) is 0 Å². The van der Waals surface area contributed by atoms with E-state index in [1.165, 1.54) is 17.0 Å². The average molecular weight is 640 g/mol. The van der Waals surface area contributed by atoms with Crippen LogP contribution in [0.1, 0.15) is 63.5 Å². The number of hydrogen-bond acceptors (Lipinski definition) is 5. The Bertz CT molecular complexity index is 1490. The zero-order valence-electron chi connectivity index (χ0n) is 25.7. The van der Waals surface area contributed by atoms with Crippen LogP contribution in [0.25, 0.3) is 0 Å². The molecule has 236 valence electrons. The molecule has 0 aliphatic heterocycles. The van der Waals surface area contributed by atoms with Crippen LogP contribution in [0.4, 0.5) is 5.69 Å². The fraction of sp³-hybridized carbons (Fsp3) is 0.412. The normalized spacial score (nSPS) is 14.5. The van der Waals surface area contributed by atoms with Crippen molar-refractivity contribution >= 4 is 39.1 Å². The van der Waals surface area contributed by atoms with Gasteiger partial charge in [-0.2, -0.15) is 0 Å². The van der Waals surface area contributed by atoms with Crippen molar-refractivity contribution in [2.45, 2.75) is 82.8 Å². The molecule has 3 aromatic carbocycles. The van der Waals surface area contributed by atoms with E-state index in [9.17, 15) is 18.0 Å². The molecule has 0 spiro atoms. The van der Waals surface area contributed by atoms with Crippen LogP contribution >= 0.6 is 11.6 Å². The van der Waals surface area contributed by atoms with Gasteiger partial charge in [0.25, 0.3) is 10.0 Å². The number of aryl methyl sites for hydroxylation is 1. The number of carbonyl (C=O) groups is 2. The monoisotopic (exact) mass is 639 g/mol. The van der Waals surface area contributed by atoms with Gasteiger partial charge in [-0.05, 0) is 87.2 Å². The highest BCUT2D eigenvalue weighted by Gasteiger charge is 2.34. The molecular formula is C34H42ClN3O5S. The molecule has 1 fully saturated rings. The van der Waals surface area contributed by atoms with E-state index < -0.39 is 28.5 Å². The summed E-state index contributed by atoms with van der Waals surface area (Å²) in [5.74, 6) is -0.129. The summed E-state index contributed by atoms with van der Waals surface area (Å²) in [5.41, 5.74) is 2.01. The Labute approximate surface area is 266 Å². The van der Waals surface area contributed by atoms with Gasteiger partial charge >= 0.3 is 0 Å². The van der Waals surface area contributed by atoms with Crippen LogP contribution in [-0.2, 0) is 26.2 Å². The van der Waals surface area contributed by atoms with Crippen molar-refractivity contribution in [1.82, 2.24) is 10.2 Å². The number of nitrogens with zero attached hydrogens (tertiary/aromatic N) is 2. The van der Waals surface area contributed by atoms with E-state index in [1.807, 2.05) is 32.9 Å². The Morgan fingerprint density at radius 1 is 0.932 bits per heavy atom. The highest BCUT2D eigenvalue weighted by molar-refractivity contribution is 7.92. The van der Waals surface area contributed by atoms with E-state index in [-0.39, 0.29) is 23.4 Å². The predicted molar refractivity (Wildman–Crippen MR) is 174 cm³/mol. The molecule has 2 amide bonds. The molecule has 0 unspecified atom stereocenters. The van der Waals surface area contributed by atoms with Crippen molar-refractivity contribution in [2.75, 3.05) is 17.5 Å². The summed E-state index contributed by atoms with van der Waals surface area (Å²) in [7, 11) is -4.15. The minimum atomic E-state index is -4.15. The molecule has 10 heteroatoms. The summed E-state index contributed by atoms with van der Waals surface area (Å²) in [6, 6.07) is 19.5. The first-order chi connectivity index (χ1) is 21.1. The van der Waals surface area contributed by atoms with E-state index in [4.69, 9.17) is 16.3 Å². The first-order valence-corrected chi connectivity index (χ1v) is 17.1. The number of rotatable bonds is 13. The maximum atomic E-state index is 14.3. The lowest BCUT2D eigenvalue weighted by Gasteiger charge is -2.34. The van der Waals surface area contributed by atoms with Gasteiger partial charge in [0, 0.05) is 17.6 Å². The van der Waals surface area contributed by atoms with Gasteiger partial charge in [-0.1, -0.05) is 67.6 Å². The van der Waals surface area contributed by atoms with Gasteiger partial charge in [0.2, 0.25) is 11.8 Å². The lowest BCUT2D eigenvalue weighted by Crippen LogP contribution is -2.54. The van der Waals surface area contributed by atoms with Crippen LogP contribution in [0.5, 0.6) is 5.75 Å². The standard InChI is InChI=1S/C34H42ClN3O5S/c1-4-32(34(40)36-28-9-7-6-8-10-28)37(23-26-13-15-27(35)16-14-26)33(39)24-38(29-17-19-30(20-18-29)43-5-2)44(41,42)31-21-11-25(3)12-22-31/h11-22,28,32H,4-10,23-24H2,1-3H3,(H,36,40)/t32-/m0/s1. The van der Waals surface area contributed by atoms with Gasteiger partial charge in [0.05, 0.1) is 17.2 Å². The number of carbonyl (C=O) groups excluding carboxylic acids is 2. The molecule has 0 aromatic heterocycles. The Morgan fingerprint density at radius 2 is 1.57 bits per heavy atom. The molecule has 1 N–H and O–H groups in total. The summed E-state index contributed by atoms with van der Waals surface area (Å²) >= 11 is 6.12. The molecule has 1 aliphatic rings. The van der Waals surface area contributed by atoms with Crippen LogP contribution in [-0.4, -0.2) is 50.4 Å². The van der Waals surface area contributed by atoms with Crippen LogP contribution < -0.4 is 14.4 Å². The molecule has 0 saturated heterocycles. The van der Waals surface area contributed by atoms with Gasteiger partial charge in [-0.15, -0.1) is 0 Å². The van der Waals surface area contributed by atoms with E-state index in [2.05, 4.69) is 5.32 Å². The van der Waals surface area contributed by atoms with Gasteiger partial charge in [0.15, 0.2) is 0 Å². The number of amides is 2. The Kier molecular flexibility index (Phi) is 11.7. The average Bonchev–Trinajstić information content (AvgIpc) is 3.02. The fourth-order valence-corrected chi connectivity index (χ4v) is 7.03. The van der Waals surface area contributed by atoms with Crippen molar-refractivity contribution in [3.05, 3.63) is 88.9 Å². The Hall–Kier alpha value is -3.56. The lowest BCUT2D eigenvalue weighted by atomic mass is 9.95. The summed E-state index contributed by atoms with van der Waals surface area (Å²) in [6.45, 7) is 5.69. The summed E-state index contributed by atoms with van der Waals surface area (Å²) in [5, 5.41) is 3.72. The van der Waals surface area contributed by atoms with Crippen LogP contribution in [0, 0.1) is 6.92 Å². The zero-order chi connectivity index (χ0) is 31.7. The van der Waals surface area contributed by atoms with Gasteiger partial charge in [-0.3, -0.25) is 13.9 Å². The number of ether oxygens (including phenoxy) is 1. The molecule has 0 bridgehead atoms. The third-order valence-electron chi connectivity index (χ3n) is 7.93. The topological polar surface area (TPSA) is 96.0 Å². The number of nitrogens with one attached hydrogen (secondary N) is 1. The van der Waals surface area contributed by atoms with Crippen LogP contribution in [0.2, 0.25) is 5.02 Å². The Balaban J connectivity index is 1.70. The van der Waals surface area contributed by atoms with Crippen molar-refractivity contribution in [1.29, 1.82) is 0 Å². The molecule has 4 rings (SSSR count). The molecule has 0 heterocycles. The number of halogens is 1. The highest BCUT2D eigenvalue weighted by atomic mass is 35.5. The fourth-order valence-electron chi connectivity index (χ4n) is 5.49. The summed E-state index contributed by atoms with van der Waals surface area (Å²) in [6.07, 6.45) is 5.46. The molecule has 1 saturated carbocycles. The molecular weight excluding hydrogens is 598 g/mol. The number of sulfonamides is 1. The third-order valence-corrected chi connectivity index (χ3v) is 9.97. The SMILES string of the molecule is CCOc1ccc(N(CC(=O)N(Cc2ccc(Cl)cc2)[C@@H](CC)C(=O)NC2CCCCC2)S(=O)(=O)c2ccc(C)cc2)cc1. The number of benzene rings is 3. The first-order valence-electron chi connectivity index (χ1n) is 15.3. The molecule has 1 aliphatic carbocycles. The highest BCUT2D eigenvalue weighted by Crippen LogP contribution is 2.27. The van der Waals surface area contributed by atoms with E-state index >= 15 is 0 Å². The maximum Gasteiger partial charge on any atom is 0.264 e. The quantitative estimate of drug-likeness (QED) is 0.230. The molecule has 8 nitrogen and oxygen atoms in total. The van der Waals surface area contributed by atoms with Crippen molar-refractivity contribution < 1.29 is 22.7 Å². The minimum Gasteiger partial charge on any atom is -0.494 e. The minimum absolute atomic E-state index is 0.0659. The second-order valence-electron chi connectivity index (χ2n) is 11.2. The van der Waals surface area contributed by atoms with Gasteiger partial charge in [-0.25, -0.2) is 8.42 Å². The van der Waals surface area contributed by atoms with Crippen molar-refractivity contribution in [3.8, 4) is 5.75 Å². The second kappa shape index (κ2) is 15.4. The third kappa shape index (κ3) is 8.54. The van der Waals surface area contributed by atoms with Crippen molar-refractivity contribution in [3.63, 3.8) is 0 Å². The first kappa shape index (κ1) is 33.3. The van der Waals surface area contributed by atoms with Crippen LogP contribution in [0.15, 0.2) is 77.7 Å². The lowest BCUT2D eigenvalue weighted by molar-refractivity contribution is -0.140. The predicted octanol–water partition coefficient (Wildman–Crippen LogP) is 6.50. The Morgan fingerprint density at radius 3 is 2.16 bits per heavy atom. The van der Waals surface area contributed by atoms with Gasteiger partial charge < -0.3 is 15.0 Å². The van der Waals surface area contributed by atoms with E-state index in [0.29, 0.717) is 29.5 Å². The smallest absolute Gasteiger partial charge is 0.264 e. The van der Waals surface area contributed by atoms with Crippen LogP contribution in [0.3, 0.4) is 0 Å². The zero-order valence-corrected chi connectivity index (χ0v) is 27.2. The molecule has 44 heavy (non-hydrogen) atoms. The maximum absolute atomic E-state index is 14.3. The largest absolute Gasteiger partial charge is 0.494 e. The molecule has 1 atom stereocenters. The van der Waals surface area contributed by atoms with Gasteiger partial charge in [0.1, 0.15) is 18.3 Å². The molecule has 3 aromatic rings. The molecule has 0 radical (unpaired) electrons.